The highest BCUT2D eigenvalue weighted by molar-refractivity contribution is 7.99. The molecule has 0 radical (unpaired) electrons. The summed E-state index contributed by atoms with van der Waals surface area (Å²) in [5, 5.41) is 5.52. The van der Waals surface area contributed by atoms with Crippen molar-refractivity contribution in [3.63, 3.8) is 0 Å². The van der Waals surface area contributed by atoms with E-state index in [0.29, 0.717) is 11.3 Å². The molecule has 1 atom stereocenters. The first kappa shape index (κ1) is 19.3. The number of carbonyl (C=O) groups is 1. The van der Waals surface area contributed by atoms with E-state index in [4.69, 9.17) is 0 Å². The third kappa shape index (κ3) is 5.15. The smallest absolute Gasteiger partial charge is 0.242 e. The molecule has 0 aliphatic carbocycles. The van der Waals surface area contributed by atoms with Crippen molar-refractivity contribution in [2.24, 2.45) is 0 Å². The van der Waals surface area contributed by atoms with Crippen molar-refractivity contribution in [3.8, 4) is 0 Å². The molecular weight excluding hydrogens is 344 g/mol. The summed E-state index contributed by atoms with van der Waals surface area (Å²) >= 11 is 1.68. The second-order valence-corrected chi connectivity index (χ2v) is 8.90. The quantitative estimate of drug-likeness (QED) is 0.836. The lowest BCUT2D eigenvalue weighted by Gasteiger charge is -2.12. The van der Waals surface area contributed by atoms with Gasteiger partial charge in [-0.15, -0.1) is 24.2 Å². The summed E-state index contributed by atoms with van der Waals surface area (Å²) in [6, 6.07) is 6.83. The van der Waals surface area contributed by atoms with Gasteiger partial charge in [0.05, 0.1) is 17.0 Å². The lowest BCUT2D eigenvalue weighted by atomic mass is 10.2. The van der Waals surface area contributed by atoms with E-state index in [1.807, 2.05) is 0 Å². The van der Waals surface area contributed by atoms with E-state index in [2.05, 4.69) is 10.6 Å². The Kier molecular flexibility index (Phi) is 7.18. The highest BCUT2D eigenvalue weighted by atomic mass is 35.5. The topological polar surface area (TPSA) is 75.3 Å². The average Bonchev–Trinajstić information content (AvgIpc) is 2.92. The number of rotatable bonds is 5. The van der Waals surface area contributed by atoms with Crippen molar-refractivity contribution in [1.82, 2.24) is 5.32 Å². The van der Waals surface area contributed by atoms with Gasteiger partial charge in [-0.25, -0.2) is 8.42 Å². The lowest BCUT2D eigenvalue weighted by Crippen LogP contribution is -2.37. The molecule has 1 aliphatic rings. The first-order chi connectivity index (χ1) is 9.88. The molecule has 1 aliphatic heterocycles. The fourth-order valence-electron chi connectivity index (χ4n) is 1.93. The molecule has 8 heteroatoms. The Balaban J connectivity index is 0.00000242. The fourth-order valence-corrected chi connectivity index (χ4v) is 3.85. The minimum absolute atomic E-state index is 0. The number of hydrogen-bond donors (Lipinski definition) is 2. The van der Waals surface area contributed by atoms with E-state index in [9.17, 15) is 13.2 Å². The molecule has 124 valence electrons. The second-order valence-electron chi connectivity index (χ2n) is 5.32. The van der Waals surface area contributed by atoms with Gasteiger partial charge in [-0.05, 0) is 31.5 Å². The van der Waals surface area contributed by atoms with Crippen molar-refractivity contribution in [2.45, 2.75) is 30.9 Å². The molecule has 0 bridgehead atoms. The van der Waals surface area contributed by atoms with Gasteiger partial charge in [-0.2, -0.15) is 0 Å². The molecule has 2 rings (SSSR count). The summed E-state index contributed by atoms with van der Waals surface area (Å²) in [5.74, 6) is 1.45. The van der Waals surface area contributed by atoms with E-state index >= 15 is 0 Å². The number of thioether (sulfide) groups is 1. The lowest BCUT2D eigenvalue weighted by molar-refractivity contribution is -0.117. The van der Waals surface area contributed by atoms with E-state index < -0.39 is 15.1 Å². The van der Waals surface area contributed by atoms with Crippen LogP contribution in [0, 0.1) is 0 Å². The Morgan fingerprint density at radius 2 is 2.18 bits per heavy atom. The molecule has 1 saturated heterocycles. The number of halogens is 1. The Morgan fingerprint density at radius 3 is 2.77 bits per heavy atom. The van der Waals surface area contributed by atoms with E-state index in [-0.39, 0.29) is 30.1 Å². The largest absolute Gasteiger partial charge is 0.325 e. The van der Waals surface area contributed by atoms with Crippen molar-refractivity contribution in [2.75, 3.05) is 16.9 Å². The Bertz CT molecular complexity index is 614. The van der Waals surface area contributed by atoms with Crippen LogP contribution >= 0.6 is 24.2 Å². The molecule has 1 unspecified atom stereocenters. The summed E-state index contributed by atoms with van der Waals surface area (Å²) in [5.41, 5.74) is 1.32. The molecular formula is C14H21ClN2O3S2. The molecule has 1 heterocycles. The number of sulfone groups is 1. The van der Waals surface area contributed by atoms with Gasteiger partial charge in [0.25, 0.3) is 0 Å². The van der Waals surface area contributed by atoms with E-state index in [1.165, 1.54) is 0 Å². The highest BCUT2D eigenvalue weighted by Crippen LogP contribution is 2.17. The van der Waals surface area contributed by atoms with Gasteiger partial charge in [-0.3, -0.25) is 10.1 Å². The van der Waals surface area contributed by atoms with Crippen LogP contribution in [0.2, 0.25) is 0 Å². The first-order valence-electron chi connectivity index (χ1n) is 6.81. The number of hydrogen-bond acceptors (Lipinski definition) is 5. The fraction of sp³-hybridized carbons (Fsp3) is 0.500. The SMILES string of the molecule is CC(C)S(=O)(=O)Cc1cccc(NC(=O)C2CSCN2)c1.Cl. The zero-order chi connectivity index (χ0) is 15.5. The van der Waals surface area contributed by atoms with Gasteiger partial charge >= 0.3 is 0 Å². The maximum atomic E-state index is 12.0. The van der Waals surface area contributed by atoms with Crippen LogP contribution in [0.5, 0.6) is 0 Å². The Hall–Kier alpha value is -0.760. The van der Waals surface area contributed by atoms with Gasteiger partial charge in [0, 0.05) is 17.3 Å². The van der Waals surface area contributed by atoms with Crippen LogP contribution in [0.25, 0.3) is 0 Å². The number of carbonyl (C=O) groups excluding carboxylic acids is 1. The van der Waals surface area contributed by atoms with Crippen LogP contribution in [-0.2, 0) is 20.4 Å². The molecule has 1 fully saturated rings. The summed E-state index contributed by atoms with van der Waals surface area (Å²) in [4.78, 5) is 12.0. The minimum Gasteiger partial charge on any atom is -0.325 e. The summed E-state index contributed by atoms with van der Waals surface area (Å²) in [6.07, 6.45) is 0. The van der Waals surface area contributed by atoms with E-state index in [0.717, 1.165) is 11.6 Å². The number of anilines is 1. The molecule has 2 N–H and O–H groups in total. The van der Waals surface area contributed by atoms with Crippen molar-refractivity contribution < 1.29 is 13.2 Å². The Labute approximate surface area is 142 Å². The van der Waals surface area contributed by atoms with Crippen LogP contribution in [0.4, 0.5) is 5.69 Å². The zero-order valence-corrected chi connectivity index (χ0v) is 15.0. The van der Waals surface area contributed by atoms with Crippen LogP contribution in [0.3, 0.4) is 0 Å². The third-order valence-corrected chi connectivity index (χ3v) is 6.43. The summed E-state index contributed by atoms with van der Waals surface area (Å²) in [6.45, 7) is 3.34. The maximum absolute atomic E-state index is 12.0. The standard InChI is InChI=1S/C14H20N2O3S2.ClH/c1-10(2)21(18,19)8-11-4-3-5-12(6-11)16-14(17)13-7-20-9-15-13;/h3-6,10,13,15H,7-9H2,1-2H3,(H,16,17);1H. The molecule has 0 spiro atoms. The first-order valence-corrected chi connectivity index (χ1v) is 9.68. The predicted octanol–water partition coefficient (Wildman–Crippen LogP) is 2.03. The molecule has 22 heavy (non-hydrogen) atoms. The second kappa shape index (κ2) is 8.19. The van der Waals surface area contributed by atoms with Crippen molar-refractivity contribution >= 4 is 45.6 Å². The summed E-state index contributed by atoms with van der Waals surface area (Å²) in [7, 11) is -3.14. The third-order valence-electron chi connectivity index (χ3n) is 3.31. The monoisotopic (exact) mass is 364 g/mol. The van der Waals surface area contributed by atoms with Gasteiger partial charge in [-0.1, -0.05) is 12.1 Å². The van der Waals surface area contributed by atoms with Gasteiger partial charge < -0.3 is 5.32 Å². The van der Waals surface area contributed by atoms with Crippen LogP contribution in [0.15, 0.2) is 24.3 Å². The minimum atomic E-state index is -3.14. The molecule has 1 aromatic carbocycles. The molecule has 1 aromatic rings. The van der Waals surface area contributed by atoms with Gasteiger partial charge in [0.1, 0.15) is 0 Å². The normalized spacial score (nSPS) is 18.0. The maximum Gasteiger partial charge on any atom is 0.242 e. The number of benzene rings is 1. The van der Waals surface area contributed by atoms with Gasteiger partial charge in [0.15, 0.2) is 9.84 Å². The number of nitrogens with one attached hydrogen (secondary N) is 2. The van der Waals surface area contributed by atoms with Crippen molar-refractivity contribution in [3.05, 3.63) is 29.8 Å². The number of amides is 1. The summed E-state index contributed by atoms with van der Waals surface area (Å²) < 4.78 is 23.9. The van der Waals surface area contributed by atoms with Crippen molar-refractivity contribution in [1.29, 1.82) is 0 Å². The molecule has 1 amide bonds. The highest BCUT2D eigenvalue weighted by Gasteiger charge is 2.22. The molecule has 0 aromatic heterocycles. The predicted molar refractivity (Wildman–Crippen MR) is 94.3 cm³/mol. The molecule has 0 saturated carbocycles. The van der Waals surface area contributed by atoms with Crippen LogP contribution < -0.4 is 10.6 Å². The Morgan fingerprint density at radius 1 is 1.45 bits per heavy atom. The van der Waals surface area contributed by atoms with Crippen LogP contribution in [0.1, 0.15) is 19.4 Å². The van der Waals surface area contributed by atoms with E-state index in [1.54, 1.807) is 49.9 Å². The van der Waals surface area contributed by atoms with Crippen LogP contribution in [-0.4, -0.2) is 37.2 Å². The average molecular weight is 365 g/mol. The van der Waals surface area contributed by atoms with Gasteiger partial charge in [0.2, 0.25) is 5.91 Å². The molecule has 5 nitrogen and oxygen atoms in total. The zero-order valence-electron chi connectivity index (χ0n) is 12.5.